The number of nitrogens with one attached hydrogen (secondary N) is 2. The van der Waals surface area contributed by atoms with Crippen molar-refractivity contribution in [3.63, 3.8) is 0 Å². The van der Waals surface area contributed by atoms with Crippen LogP contribution < -0.4 is 10.6 Å². The summed E-state index contributed by atoms with van der Waals surface area (Å²) in [4.78, 5) is 22.3. The Balaban J connectivity index is 2.28. The summed E-state index contributed by atoms with van der Waals surface area (Å²) in [6.07, 6.45) is 1.06. The molecule has 0 bridgehead atoms. The maximum absolute atomic E-state index is 11.8. The number of hydrogen-bond acceptors (Lipinski definition) is 3. The lowest BCUT2D eigenvalue weighted by Gasteiger charge is -2.51. The largest absolute Gasteiger partial charge is 0.481 e. The average molecular weight is 286 g/mol. The van der Waals surface area contributed by atoms with Gasteiger partial charge in [-0.1, -0.05) is 20.8 Å². The highest BCUT2D eigenvalue weighted by Gasteiger charge is 2.49. The van der Waals surface area contributed by atoms with Gasteiger partial charge in [0.25, 0.3) is 0 Å². The van der Waals surface area contributed by atoms with E-state index >= 15 is 0 Å². The second-order valence-electron chi connectivity index (χ2n) is 6.11. The van der Waals surface area contributed by atoms with Crippen LogP contribution in [0.1, 0.15) is 40.5 Å². The molecule has 0 aromatic heterocycles. The number of carbonyl (C=O) groups is 2. The van der Waals surface area contributed by atoms with Crippen molar-refractivity contribution in [3.05, 3.63) is 0 Å². The number of rotatable bonds is 7. The van der Waals surface area contributed by atoms with Crippen molar-refractivity contribution in [1.82, 2.24) is 10.6 Å². The molecule has 20 heavy (non-hydrogen) atoms. The minimum atomic E-state index is -0.848. The monoisotopic (exact) mass is 286 g/mol. The fourth-order valence-corrected chi connectivity index (χ4v) is 2.46. The van der Waals surface area contributed by atoms with Crippen LogP contribution in [0, 0.1) is 11.3 Å². The van der Waals surface area contributed by atoms with Crippen LogP contribution in [0.4, 0.5) is 4.79 Å². The van der Waals surface area contributed by atoms with E-state index in [-0.39, 0.29) is 35.9 Å². The summed E-state index contributed by atoms with van der Waals surface area (Å²) >= 11 is 0. The molecule has 3 N–H and O–H groups in total. The van der Waals surface area contributed by atoms with Crippen LogP contribution in [0.3, 0.4) is 0 Å². The van der Waals surface area contributed by atoms with Crippen molar-refractivity contribution < 1.29 is 19.4 Å². The summed E-state index contributed by atoms with van der Waals surface area (Å²) < 4.78 is 5.61. The molecule has 6 nitrogen and oxygen atoms in total. The molecule has 0 aliphatic heterocycles. The zero-order valence-corrected chi connectivity index (χ0v) is 12.7. The summed E-state index contributed by atoms with van der Waals surface area (Å²) in [5.41, 5.74) is -0.0694. The Hall–Kier alpha value is -1.30. The van der Waals surface area contributed by atoms with E-state index in [0.29, 0.717) is 13.2 Å². The van der Waals surface area contributed by atoms with Gasteiger partial charge in [-0.2, -0.15) is 0 Å². The van der Waals surface area contributed by atoms with Crippen LogP contribution in [-0.2, 0) is 9.53 Å². The molecule has 6 heteroatoms. The molecule has 1 aliphatic rings. The van der Waals surface area contributed by atoms with Gasteiger partial charge in [-0.15, -0.1) is 0 Å². The second-order valence-corrected chi connectivity index (χ2v) is 6.11. The van der Waals surface area contributed by atoms with E-state index in [1.54, 1.807) is 6.92 Å². The fourth-order valence-electron chi connectivity index (χ4n) is 2.46. The second kappa shape index (κ2) is 6.92. The molecule has 1 aliphatic carbocycles. The molecule has 0 heterocycles. The van der Waals surface area contributed by atoms with Gasteiger partial charge in [-0.25, -0.2) is 4.79 Å². The van der Waals surface area contributed by atoms with Gasteiger partial charge < -0.3 is 20.5 Å². The Labute approximate surface area is 120 Å². The summed E-state index contributed by atoms with van der Waals surface area (Å²) in [7, 11) is 0. The lowest BCUT2D eigenvalue weighted by Crippen LogP contribution is -2.63. The number of hydrogen-bond donors (Lipinski definition) is 3. The van der Waals surface area contributed by atoms with Crippen molar-refractivity contribution in [2.75, 3.05) is 13.2 Å². The van der Waals surface area contributed by atoms with Crippen molar-refractivity contribution in [3.8, 4) is 0 Å². The van der Waals surface area contributed by atoms with E-state index in [2.05, 4.69) is 24.5 Å². The quantitative estimate of drug-likeness (QED) is 0.663. The predicted octanol–water partition coefficient (Wildman–Crippen LogP) is 1.60. The van der Waals surface area contributed by atoms with E-state index in [9.17, 15) is 9.59 Å². The Morgan fingerprint density at radius 3 is 2.60 bits per heavy atom. The maximum atomic E-state index is 11.8. The lowest BCUT2D eigenvalue weighted by atomic mass is 9.64. The normalized spacial score (nSPS) is 25.4. The summed E-state index contributed by atoms with van der Waals surface area (Å²) in [6, 6.07) is -0.149. The van der Waals surface area contributed by atoms with Crippen molar-refractivity contribution in [2.45, 2.75) is 52.7 Å². The number of carboxylic acids is 1. The van der Waals surface area contributed by atoms with Crippen LogP contribution in [0.15, 0.2) is 0 Å². The molecule has 0 saturated heterocycles. The number of urea groups is 1. The predicted molar refractivity (Wildman–Crippen MR) is 75.6 cm³/mol. The van der Waals surface area contributed by atoms with Gasteiger partial charge in [0.1, 0.15) is 0 Å². The Kier molecular flexibility index (Phi) is 5.80. The zero-order chi connectivity index (χ0) is 15.3. The number of ether oxygens (including phenoxy) is 1. The highest BCUT2D eigenvalue weighted by Crippen LogP contribution is 2.42. The van der Waals surface area contributed by atoms with Gasteiger partial charge in [-0.05, 0) is 19.3 Å². The van der Waals surface area contributed by atoms with Crippen molar-refractivity contribution in [2.24, 2.45) is 11.3 Å². The number of amides is 2. The molecule has 0 aromatic rings. The summed E-state index contributed by atoms with van der Waals surface area (Å²) in [5, 5.41) is 14.3. The van der Waals surface area contributed by atoms with Crippen LogP contribution in [0.25, 0.3) is 0 Å². The Bertz CT molecular complexity index is 357. The molecule has 0 radical (unpaired) electrons. The van der Waals surface area contributed by atoms with Gasteiger partial charge in [0.15, 0.2) is 0 Å². The van der Waals surface area contributed by atoms with E-state index in [1.807, 2.05) is 6.92 Å². The van der Waals surface area contributed by atoms with Crippen LogP contribution in [0.2, 0.25) is 0 Å². The molecule has 1 fully saturated rings. The fraction of sp³-hybridized carbons (Fsp3) is 0.857. The third kappa shape index (κ3) is 4.37. The molecular formula is C14H26N2O4. The summed E-state index contributed by atoms with van der Waals surface area (Å²) in [6.45, 7) is 8.96. The van der Waals surface area contributed by atoms with Crippen LogP contribution in [-0.4, -0.2) is 42.4 Å². The first-order valence-corrected chi connectivity index (χ1v) is 7.15. The number of aliphatic carboxylic acids is 1. The molecule has 1 saturated carbocycles. The van der Waals surface area contributed by atoms with Crippen molar-refractivity contribution in [1.29, 1.82) is 0 Å². The van der Waals surface area contributed by atoms with E-state index < -0.39 is 5.97 Å². The number of carbonyl (C=O) groups excluding carboxylic acids is 1. The summed E-state index contributed by atoms with van der Waals surface area (Å²) in [5.74, 6) is -0.928. The molecule has 0 aromatic carbocycles. The molecule has 1 rings (SSSR count). The van der Waals surface area contributed by atoms with Crippen molar-refractivity contribution >= 4 is 12.0 Å². The minimum absolute atomic E-state index is 0.0572. The first-order valence-electron chi connectivity index (χ1n) is 7.15. The molecule has 3 atom stereocenters. The number of carboxylic acid groups (broad SMARTS) is 1. The van der Waals surface area contributed by atoms with Gasteiger partial charge in [-0.3, -0.25) is 4.79 Å². The molecule has 0 spiro atoms. The van der Waals surface area contributed by atoms with Gasteiger partial charge >= 0.3 is 12.0 Å². The van der Waals surface area contributed by atoms with E-state index in [1.165, 1.54) is 0 Å². The lowest BCUT2D eigenvalue weighted by molar-refractivity contribution is -0.137. The minimum Gasteiger partial charge on any atom is -0.481 e. The van der Waals surface area contributed by atoms with Gasteiger partial charge in [0.05, 0.1) is 6.10 Å². The molecule has 2 amide bonds. The smallest absolute Gasteiger partial charge is 0.315 e. The third-order valence-corrected chi connectivity index (χ3v) is 3.99. The van der Waals surface area contributed by atoms with Crippen LogP contribution in [0.5, 0.6) is 0 Å². The molecular weight excluding hydrogens is 260 g/mol. The van der Waals surface area contributed by atoms with Gasteiger partial charge in [0.2, 0.25) is 0 Å². The van der Waals surface area contributed by atoms with Gasteiger partial charge in [0, 0.05) is 31.0 Å². The SMILES string of the molecule is CCOC1CC(NC(=O)NCC(C)CC(=O)O)C1(C)C. The maximum Gasteiger partial charge on any atom is 0.315 e. The Morgan fingerprint density at radius 1 is 1.45 bits per heavy atom. The third-order valence-electron chi connectivity index (χ3n) is 3.99. The first-order chi connectivity index (χ1) is 9.27. The highest BCUT2D eigenvalue weighted by molar-refractivity contribution is 5.74. The molecule has 3 unspecified atom stereocenters. The zero-order valence-electron chi connectivity index (χ0n) is 12.7. The Morgan fingerprint density at radius 2 is 2.10 bits per heavy atom. The topological polar surface area (TPSA) is 87.7 Å². The standard InChI is InChI=1S/C14H26N2O4/c1-5-20-11-7-10(14(11,3)4)16-13(19)15-8-9(2)6-12(17)18/h9-11H,5-8H2,1-4H3,(H,17,18)(H2,15,16,19). The van der Waals surface area contributed by atoms with E-state index in [0.717, 1.165) is 6.42 Å². The molecule has 116 valence electrons. The highest BCUT2D eigenvalue weighted by atomic mass is 16.5. The average Bonchev–Trinajstić information content (AvgIpc) is 2.34. The van der Waals surface area contributed by atoms with E-state index in [4.69, 9.17) is 9.84 Å². The van der Waals surface area contributed by atoms with Crippen LogP contribution >= 0.6 is 0 Å². The first kappa shape index (κ1) is 16.8.